The average Bonchev–Trinajstić information content (AvgIpc) is 2.49. The summed E-state index contributed by atoms with van der Waals surface area (Å²) in [7, 11) is 1.71. The van der Waals surface area contributed by atoms with Gasteiger partial charge in [0.05, 0.1) is 24.5 Å². The van der Waals surface area contributed by atoms with E-state index in [0.29, 0.717) is 0 Å². The molecule has 1 unspecified atom stereocenters. The number of rotatable bonds is 5. The highest BCUT2D eigenvalue weighted by Gasteiger charge is 2.20. The predicted octanol–water partition coefficient (Wildman–Crippen LogP) is -1.33. The smallest absolute Gasteiger partial charge is 0.268 e. The van der Waals surface area contributed by atoms with Gasteiger partial charge in [0.1, 0.15) is 6.04 Å². The standard InChI is InChI=1S/C13H21N5O3/c1-21-10-2-4-17(5-3-10)9-6-12(19)18(16-7-9)8-11(14)13(15)20/h6-7,10-11H,2-5,8,14H2,1H3,(H2,15,20). The van der Waals surface area contributed by atoms with E-state index in [1.165, 1.54) is 6.07 Å². The first kappa shape index (κ1) is 15.5. The number of nitrogens with two attached hydrogens (primary N) is 2. The molecule has 1 aliphatic rings. The van der Waals surface area contributed by atoms with Gasteiger partial charge >= 0.3 is 0 Å². The van der Waals surface area contributed by atoms with E-state index in [0.717, 1.165) is 36.3 Å². The van der Waals surface area contributed by atoms with Crippen molar-refractivity contribution in [1.29, 1.82) is 0 Å². The van der Waals surface area contributed by atoms with Crippen molar-refractivity contribution in [2.24, 2.45) is 11.5 Å². The molecule has 21 heavy (non-hydrogen) atoms. The highest BCUT2D eigenvalue weighted by molar-refractivity contribution is 5.79. The van der Waals surface area contributed by atoms with E-state index in [2.05, 4.69) is 10.00 Å². The number of nitrogens with zero attached hydrogens (tertiary/aromatic N) is 3. The topological polar surface area (TPSA) is 116 Å². The van der Waals surface area contributed by atoms with Crippen LogP contribution in [-0.2, 0) is 16.1 Å². The molecule has 0 aliphatic carbocycles. The van der Waals surface area contributed by atoms with Gasteiger partial charge in [0.2, 0.25) is 5.91 Å². The van der Waals surface area contributed by atoms with Crippen LogP contribution in [0.2, 0.25) is 0 Å². The quantitative estimate of drug-likeness (QED) is 0.695. The van der Waals surface area contributed by atoms with Gasteiger partial charge in [0.25, 0.3) is 5.56 Å². The van der Waals surface area contributed by atoms with Gasteiger partial charge in [0, 0.05) is 26.3 Å². The lowest BCUT2D eigenvalue weighted by atomic mass is 10.1. The molecule has 1 atom stereocenters. The Morgan fingerprint density at radius 1 is 1.52 bits per heavy atom. The molecule has 1 aromatic rings. The Morgan fingerprint density at radius 3 is 2.71 bits per heavy atom. The molecule has 1 saturated heterocycles. The van der Waals surface area contributed by atoms with Gasteiger partial charge in [-0.2, -0.15) is 5.10 Å². The normalized spacial score (nSPS) is 17.7. The molecule has 8 nitrogen and oxygen atoms in total. The van der Waals surface area contributed by atoms with Crippen molar-refractivity contribution in [1.82, 2.24) is 9.78 Å². The number of piperidine rings is 1. The molecule has 4 N–H and O–H groups in total. The van der Waals surface area contributed by atoms with E-state index in [9.17, 15) is 9.59 Å². The van der Waals surface area contributed by atoms with Crippen LogP contribution in [0.5, 0.6) is 0 Å². The Labute approximate surface area is 122 Å². The molecular formula is C13H21N5O3. The zero-order chi connectivity index (χ0) is 15.4. The third-order valence-electron chi connectivity index (χ3n) is 3.73. The first-order chi connectivity index (χ1) is 10.0. The molecule has 0 saturated carbocycles. The summed E-state index contributed by atoms with van der Waals surface area (Å²) >= 11 is 0. The molecular weight excluding hydrogens is 274 g/mol. The lowest BCUT2D eigenvalue weighted by Crippen LogP contribution is -2.43. The Balaban J connectivity index is 2.06. The van der Waals surface area contributed by atoms with Crippen molar-refractivity contribution in [3.63, 3.8) is 0 Å². The van der Waals surface area contributed by atoms with Gasteiger partial charge in [0.15, 0.2) is 0 Å². The van der Waals surface area contributed by atoms with Crippen molar-refractivity contribution in [2.75, 3.05) is 25.1 Å². The highest BCUT2D eigenvalue weighted by atomic mass is 16.5. The summed E-state index contributed by atoms with van der Waals surface area (Å²) in [5.41, 5.74) is 11.1. The van der Waals surface area contributed by atoms with E-state index in [-0.39, 0.29) is 18.2 Å². The van der Waals surface area contributed by atoms with Gasteiger partial charge in [-0.1, -0.05) is 0 Å². The number of methoxy groups -OCH3 is 1. The minimum Gasteiger partial charge on any atom is -0.381 e. The number of anilines is 1. The highest BCUT2D eigenvalue weighted by Crippen LogP contribution is 2.18. The fraction of sp³-hybridized carbons (Fsp3) is 0.615. The van der Waals surface area contributed by atoms with Gasteiger partial charge < -0.3 is 21.1 Å². The Morgan fingerprint density at radius 2 is 2.19 bits per heavy atom. The van der Waals surface area contributed by atoms with Gasteiger partial charge in [-0.05, 0) is 12.8 Å². The van der Waals surface area contributed by atoms with Gasteiger partial charge in [-0.25, -0.2) is 4.68 Å². The van der Waals surface area contributed by atoms with Gasteiger partial charge in [-0.3, -0.25) is 9.59 Å². The number of ether oxygens (including phenoxy) is 1. The van der Waals surface area contributed by atoms with Crippen molar-refractivity contribution >= 4 is 11.6 Å². The molecule has 0 aromatic carbocycles. The summed E-state index contributed by atoms with van der Waals surface area (Å²) in [5, 5.41) is 4.06. The summed E-state index contributed by atoms with van der Waals surface area (Å²) in [4.78, 5) is 25.0. The Hall–Kier alpha value is -1.93. The van der Waals surface area contributed by atoms with E-state index < -0.39 is 11.9 Å². The number of carbonyl (C=O) groups is 1. The third-order valence-corrected chi connectivity index (χ3v) is 3.73. The molecule has 1 amide bonds. The third kappa shape index (κ3) is 3.79. The van der Waals surface area contributed by atoms with E-state index >= 15 is 0 Å². The first-order valence-electron chi connectivity index (χ1n) is 6.91. The zero-order valence-corrected chi connectivity index (χ0v) is 12.1. The molecule has 1 aromatic heterocycles. The zero-order valence-electron chi connectivity index (χ0n) is 12.1. The van der Waals surface area contributed by atoms with Crippen molar-refractivity contribution in [2.45, 2.75) is 31.5 Å². The van der Waals surface area contributed by atoms with Crippen LogP contribution in [0.4, 0.5) is 5.69 Å². The molecule has 0 radical (unpaired) electrons. The number of amides is 1. The monoisotopic (exact) mass is 295 g/mol. The number of aromatic nitrogens is 2. The van der Waals surface area contributed by atoms with Crippen LogP contribution in [0.15, 0.2) is 17.1 Å². The Bertz CT molecular complexity index is 551. The van der Waals surface area contributed by atoms with Crippen LogP contribution in [0.25, 0.3) is 0 Å². The molecule has 1 fully saturated rings. The molecule has 0 bridgehead atoms. The first-order valence-corrected chi connectivity index (χ1v) is 6.91. The summed E-state index contributed by atoms with van der Waals surface area (Å²) in [5.74, 6) is -0.658. The fourth-order valence-electron chi connectivity index (χ4n) is 2.36. The van der Waals surface area contributed by atoms with Crippen LogP contribution in [-0.4, -0.2) is 48.0 Å². The van der Waals surface area contributed by atoms with Crippen LogP contribution in [0.1, 0.15) is 12.8 Å². The maximum Gasteiger partial charge on any atom is 0.268 e. The minimum atomic E-state index is -0.918. The Kier molecular flexibility index (Phi) is 4.92. The number of primary amides is 1. The van der Waals surface area contributed by atoms with E-state index in [1.54, 1.807) is 13.3 Å². The summed E-state index contributed by atoms with van der Waals surface area (Å²) in [6.45, 7) is 1.63. The lowest BCUT2D eigenvalue weighted by molar-refractivity contribution is -0.119. The van der Waals surface area contributed by atoms with Crippen LogP contribution >= 0.6 is 0 Å². The molecule has 0 spiro atoms. The number of carbonyl (C=O) groups excluding carboxylic acids is 1. The maximum atomic E-state index is 12.0. The molecule has 2 rings (SSSR count). The minimum absolute atomic E-state index is 0.0137. The fourth-order valence-corrected chi connectivity index (χ4v) is 2.36. The molecule has 1 aliphatic heterocycles. The average molecular weight is 295 g/mol. The predicted molar refractivity (Wildman–Crippen MR) is 77.9 cm³/mol. The van der Waals surface area contributed by atoms with Crippen LogP contribution < -0.4 is 21.9 Å². The van der Waals surface area contributed by atoms with Crippen LogP contribution in [0, 0.1) is 0 Å². The second kappa shape index (κ2) is 6.68. The molecule has 2 heterocycles. The number of hydrogen-bond acceptors (Lipinski definition) is 6. The molecule has 8 heteroatoms. The van der Waals surface area contributed by atoms with Crippen molar-refractivity contribution in [3.05, 3.63) is 22.6 Å². The van der Waals surface area contributed by atoms with E-state index in [1.807, 2.05) is 0 Å². The van der Waals surface area contributed by atoms with E-state index in [4.69, 9.17) is 16.2 Å². The summed E-state index contributed by atoms with van der Waals surface area (Å²) < 4.78 is 6.47. The van der Waals surface area contributed by atoms with Gasteiger partial charge in [-0.15, -0.1) is 0 Å². The van der Waals surface area contributed by atoms with Crippen LogP contribution in [0.3, 0.4) is 0 Å². The lowest BCUT2D eigenvalue weighted by Gasteiger charge is -2.32. The molecule has 116 valence electrons. The van der Waals surface area contributed by atoms with Crippen molar-refractivity contribution in [3.8, 4) is 0 Å². The number of hydrogen-bond donors (Lipinski definition) is 2. The summed E-state index contributed by atoms with van der Waals surface area (Å²) in [6.07, 6.45) is 3.74. The maximum absolute atomic E-state index is 12.0. The summed E-state index contributed by atoms with van der Waals surface area (Å²) in [6, 6.07) is 0.590. The second-order valence-corrected chi connectivity index (χ2v) is 5.17. The van der Waals surface area contributed by atoms with Crippen molar-refractivity contribution < 1.29 is 9.53 Å². The SMILES string of the molecule is COC1CCN(c2cnn(CC(N)C(N)=O)c(=O)c2)CC1. The second-order valence-electron chi connectivity index (χ2n) is 5.17. The largest absolute Gasteiger partial charge is 0.381 e.